The van der Waals surface area contributed by atoms with E-state index in [-0.39, 0.29) is 12.4 Å². The minimum atomic E-state index is -0.477. The van der Waals surface area contributed by atoms with Gasteiger partial charge < -0.3 is 14.6 Å². The van der Waals surface area contributed by atoms with Gasteiger partial charge in [0, 0.05) is 6.07 Å². The molecule has 3 aromatic rings. The van der Waals surface area contributed by atoms with Gasteiger partial charge in [-0.05, 0) is 29.7 Å². The molecule has 0 amide bonds. The third kappa shape index (κ3) is 4.42. The van der Waals surface area contributed by atoms with Crippen LogP contribution in [0.2, 0.25) is 0 Å². The van der Waals surface area contributed by atoms with Crippen molar-refractivity contribution in [2.75, 3.05) is 0 Å². The van der Waals surface area contributed by atoms with E-state index < -0.39 is 5.97 Å². The monoisotopic (exact) mass is 348 g/mol. The average molecular weight is 348 g/mol. The SMILES string of the molecule is Cc1cc(O)cc(OCc2ccccc2)c1C(=O)OCc1ccccc1. The Balaban J connectivity index is 1.77. The molecule has 0 fully saturated rings. The van der Waals surface area contributed by atoms with Crippen LogP contribution in [0.1, 0.15) is 27.0 Å². The molecular weight excluding hydrogens is 328 g/mol. The van der Waals surface area contributed by atoms with E-state index in [1.807, 2.05) is 60.7 Å². The second kappa shape index (κ2) is 8.21. The Morgan fingerprint density at radius 3 is 2.08 bits per heavy atom. The summed E-state index contributed by atoms with van der Waals surface area (Å²) in [5, 5.41) is 9.87. The van der Waals surface area contributed by atoms with Gasteiger partial charge in [-0.3, -0.25) is 0 Å². The van der Waals surface area contributed by atoms with Gasteiger partial charge in [0.15, 0.2) is 0 Å². The predicted molar refractivity (Wildman–Crippen MR) is 99.2 cm³/mol. The van der Waals surface area contributed by atoms with E-state index in [1.165, 1.54) is 12.1 Å². The Morgan fingerprint density at radius 2 is 1.46 bits per heavy atom. The van der Waals surface area contributed by atoms with Crippen molar-refractivity contribution in [2.24, 2.45) is 0 Å². The fourth-order valence-electron chi connectivity index (χ4n) is 2.64. The van der Waals surface area contributed by atoms with Crippen LogP contribution in [0.25, 0.3) is 0 Å². The normalized spacial score (nSPS) is 10.3. The lowest BCUT2D eigenvalue weighted by Gasteiger charge is -2.14. The topological polar surface area (TPSA) is 55.8 Å². The van der Waals surface area contributed by atoms with E-state index in [4.69, 9.17) is 9.47 Å². The van der Waals surface area contributed by atoms with Crippen LogP contribution in [0.3, 0.4) is 0 Å². The first kappa shape index (κ1) is 17.5. The molecule has 0 radical (unpaired) electrons. The molecule has 0 aromatic heterocycles. The Bertz CT molecular complexity index is 873. The Morgan fingerprint density at radius 1 is 0.885 bits per heavy atom. The van der Waals surface area contributed by atoms with Crippen LogP contribution in [0.4, 0.5) is 0 Å². The number of phenols is 1. The Labute approximate surface area is 152 Å². The summed E-state index contributed by atoms with van der Waals surface area (Å²) >= 11 is 0. The third-order valence-corrected chi connectivity index (χ3v) is 3.94. The van der Waals surface area contributed by atoms with E-state index in [0.717, 1.165) is 11.1 Å². The number of carbonyl (C=O) groups is 1. The summed E-state index contributed by atoms with van der Waals surface area (Å²) in [6.07, 6.45) is 0. The molecule has 1 N–H and O–H groups in total. The molecule has 0 unspecified atom stereocenters. The quantitative estimate of drug-likeness (QED) is 0.660. The molecule has 0 bridgehead atoms. The molecule has 0 spiro atoms. The van der Waals surface area contributed by atoms with Gasteiger partial charge in [0.05, 0.1) is 0 Å². The summed E-state index contributed by atoms with van der Waals surface area (Å²) in [5.41, 5.74) is 2.81. The van der Waals surface area contributed by atoms with Crippen LogP contribution in [0.15, 0.2) is 72.8 Å². The molecule has 26 heavy (non-hydrogen) atoms. The highest BCUT2D eigenvalue weighted by atomic mass is 16.5. The zero-order valence-corrected chi connectivity index (χ0v) is 14.5. The first-order valence-corrected chi connectivity index (χ1v) is 8.35. The highest BCUT2D eigenvalue weighted by Crippen LogP contribution is 2.29. The number of phenolic OH excluding ortho intramolecular Hbond substituents is 1. The Kier molecular flexibility index (Phi) is 5.54. The van der Waals surface area contributed by atoms with E-state index >= 15 is 0 Å². The van der Waals surface area contributed by atoms with Gasteiger partial charge in [-0.1, -0.05) is 60.7 Å². The Hall–Kier alpha value is -3.27. The number of ether oxygens (including phenoxy) is 2. The lowest BCUT2D eigenvalue weighted by Crippen LogP contribution is -2.10. The van der Waals surface area contributed by atoms with Gasteiger partial charge in [0.25, 0.3) is 0 Å². The summed E-state index contributed by atoms with van der Waals surface area (Å²) in [6, 6.07) is 22.1. The van der Waals surface area contributed by atoms with Crippen molar-refractivity contribution in [3.8, 4) is 11.5 Å². The van der Waals surface area contributed by atoms with Crippen LogP contribution in [0.5, 0.6) is 11.5 Å². The van der Waals surface area contributed by atoms with Gasteiger partial charge in [-0.2, -0.15) is 0 Å². The number of carbonyl (C=O) groups excluding carboxylic acids is 1. The van der Waals surface area contributed by atoms with E-state index in [2.05, 4.69) is 0 Å². The number of hydrogen-bond donors (Lipinski definition) is 1. The predicted octanol–water partition coefficient (Wildman–Crippen LogP) is 4.64. The van der Waals surface area contributed by atoms with Gasteiger partial charge >= 0.3 is 5.97 Å². The standard InChI is InChI=1S/C22H20O4/c1-16-12-19(23)13-20(25-14-17-8-4-2-5-9-17)21(16)22(24)26-15-18-10-6-3-7-11-18/h2-13,23H,14-15H2,1H3. The largest absolute Gasteiger partial charge is 0.508 e. The minimum Gasteiger partial charge on any atom is -0.508 e. The molecule has 4 nitrogen and oxygen atoms in total. The van der Waals surface area contributed by atoms with Crippen molar-refractivity contribution in [2.45, 2.75) is 20.1 Å². The van der Waals surface area contributed by atoms with Gasteiger partial charge in [-0.25, -0.2) is 4.79 Å². The summed E-state index contributed by atoms with van der Waals surface area (Å²) in [5.74, 6) is -0.121. The third-order valence-electron chi connectivity index (χ3n) is 3.94. The van der Waals surface area contributed by atoms with E-state index in [1.54, 1.807) is 6.92 Å². The molecular formula is C22H20O4. The van der Waals surface area contributed by atoms with Crippen LogP contribution in [0, 0.1) is 6.92 Å². The first-order valence-electron chi connectivity index (χ1n) is 8.35. The number of rotatable bonds is 6. The number of benzene rings is 3. The van der Waals surface area contributed by atoms with Gasteiger partial charge in [0.2, 0.25) is 0 Å². The van der Waals surface area contributed by atoms with Gasteiger partial charge in [0.1, 0.15) is 30.3 Å². The maximum atomic E-state index is 12.6. The van der Waals surface area contributed by atoms with Gasteiger partial charge in [-0.15, -0.1) is 0 Å². The number of esters is 1. The van der Waals surface area contributed by atoms with Crippen molar-refractivity contribution < 1.29 is 19.4 Å². The molecule has 3 rings (SSSR count). The maximum absolute atomic E-state index is 12.6. The van der Waals surface area contributed by atoms with Crippen LogP contribution < -0.4 is 4.74 Å². The van der Waals surface area contributed by atoms with Crippen molar-refractivity contribution in [1.82, 2.24) is 0 Å². The molecule has 0 heterocycles. The molecule has 0 aliphatic heterocycles. The zero-order valence-electron chi connectivity index (χ0n) is 14.5. The first-order chi connectivity index (χ1) is 12.6. The zero-order chi connectivity index (χ0) is 18.4. The summed E-state index contributed by atoms with van der Waals surface area (Å²) in [6.45, 7) is 2.22. The molecule has 132 valence electrons. The smallest absolute Gasteiger partial charge is 0.342 e. The number of aryl methyl sites for hydroxylation is 1. The average Bonchev–Trinajstić information content (AvgIpc) is 2.66. The van der Waals surface area contributed by atoms with Crippen LogP contribution in [-0.4, -0.2) is 11.1 Å². The number of hydrogen-bond acceptors (Lipinski definition) is 4. The summed E-state index contributed by atoms with van der Waals surface area (Å²) in [4.78, 5) is 12.6. The van der Waals surface area contributed by atoms with Crippen molar-refractivity contribution >= 4 is 5.97 Å². The highest BCUT2D eigenvalue weighted by Gasteiger charge is 2.19. The molecule has 0 saturated carbocycles. The molecule has 0 aliphatic rings. The van der Waals surface area contributed by atoms with E-state index in [0.29, 0.717) is 23.5 Å². The lowest BCUT2D eigenvalue weighted by atomic mass is 10.1. The molecule has 0 aliphatic carbocycles. The van der Waals surface area contributed by atoms with Crippen LogP contribution in [-0.2, 0) is 18.0 Å². The fourth-order valence-corrected chi connectivity index (χ4v) is 2.64. The van der Waals surface area contributed by atoms with Crippen molar-refractivity contribution in [3.05, 3.63) is 95.1 Å². The maximum Gasteiger partial charge on any atom is 0.342 e. The van der Waals surface area contributed by atoms with E-state index in [9.17, 15) is 9.90 Å². The van der Waals surface area contributed by atoms with Crippen molar-refractivity contribution in [3.63, 3.8) is 0 Å². The summed E-state index contributed by atoms with van der Waals surface area (Å²) in [7, 11) is 0. The fraction of sp³-hybridized carbons (Fsp3) is 0.136. The van der Waals surface area contributed by atoms with Crippen molar-refractivity contribution in [1.29, 1.82) is 0 Å². The highest BCUT2D eigenvalue weighted by molar-refractivity contribution is 5.94. The second-order valence-corrected chi connectivity index (χ2v) is 5.97. The molecule has 0 saturated heterocycles. The number of aromatic hydroxyl groups is 1. The molecule has 4 heteroatoms. The lowest BCUT2D eigenvalue weighted by molar-refractivity contribution is 0.0466. The second-order valence-electron chi connectivity index (χ2n) is 5.97. The molecule has 3 aromatic carbocycles. The summed E-state index contributed by atoms with van der Waals surface area (Å²) < 4.78 is 11.2. The molecule has 0 atom stereocenters. The van der Waals surface area contributed by atoms with Crippen LogP contribution >= 0.6 is 0 Å². The minimum absolute atomic E-state index is 0.0465.